The van der Waals surface area contributed by atoms with Crippen LogP contribution >= 0.6 is 0 Å². The molecule has 0 aliphatic rings. The largest absolute Gasteiger partial charge is 0.396 e. The Labute approximate surface area is 90.2 Å². The number of ketones is 1. The minimum Gasteiger partial charge on any atom is -0.396 e. The fourth-order valence-corrected chi connectivity index (χ4v) is 0.978. The molecule has 9 heteroatoms. The molecule has 16 heavy (non-hydrogen) atoms. The molecule has 0 spiro atoms. The van der Waals surface area contributed by atoms with Crippen molar-refractivity contribution in [2.75, 3.05) is 13.2 Å². The second-order valence-electron chi connectivity index (χ2n) is 3.01. The zero-order chi connectivity index (χ0) is 12.7. The molecule has 0 aromatic rings. The lowest BCUT2D eigenvalue weighted by Gasteiger charge is -2.24. The first kappa shape index (κ1) is 14.8. The number of rotatable bonds is 7. The molecule has 0 aliphatic heterocycles. The van der Waals surface area contributed by atoms with Gasteiger partial charge < -0.3 is 25.5 Å². The number of hydrogen-bond donors (Lipinski definition) is 5. The third-order valence-corrected chi connectivity index (χ3v) is 1.94. The van der Waals surface area contributed by atoms with Gasteiger partial charge in [-0.15, -0.1) is 0 Å². The first-order chi connectivity index (χ1) is 7.49. The lowest BCUT2D eigenvalue weighted by molar-refractivity contribution is -0.142. The minimum absolute atomic E-state index is 0.762. The van der Waals surface area contributed by atoms with Crippen molar-refractivity contribution in [2.24, 2.45) is 5.11 Å². The molecule has 9 nitrogen and oxygen atoms in total. The number of carbonyl (C=O) groups is 1. The van der Waals surface area contributed by atoms with E-state index in [4.69, 9.17) is 20.9 Å². The van der Waals surface area contributed by atoms with E-state index in [1.54, 1.807) is 0 Å². The molecule has 0 aliphatic carbocycles. The number of Topliss-reactive ketones (excluding diaryl/α,β-unsaturated/α-hetero) is 1. The maximum atomic E-state index is 10.8. The summed E-state index contributed by atoms with van der Waals surface area (Å²) in [5.74, 6) is -1.09. The highest BCUT2D eigenvalue weighted by molar-refractivity contribution is 5.84. The summed E-state index contributed by atoms with van der Waals surface area (Å²) >= 11 is 0. The second kappa shape index (κ2) is 7.12. The molecule has 0 rings (SSSR count). The van der Waals surface area contributed by atoms with Crippen LogP contribution in [0.15, 0.2) is 5.11 Å². The molecule has 0 saturated heterocycles. The molecule has 92 valence electrons. The maximum Gasteiger partial charge on any atom is 0.189 e. The topological polar surface area (TPSA) is 167 Å². The van der Waals surface area contributed by atoms with Gasteiger partial charge in [0, 0.05) is 4.91 Å². The third-order valence-electron chi connectivity index (χ3n) is 1.94. The molecule has 0 aromatic carbocycles. The third kappa shape index (κ3) is 3.74. The summed E-state index contributed by atoms with van der Waals surface area (Å²) in [6.07, 6.45) is -5.78. The first-order valence-corrected chi connectivity index (χ1v) is 4.32. The van der Waals surface area contributed by atoms with Gasteiger partial charge in [0.25, 0.3) is 0 Å². The monoisotopic (exact) mass is 235 g/mol. The molecule has 5 N–H and O–H groups in total. The molecule has 0 saturated carbocycles. The lowest BCUT2D eigenvalue weighted by atomic mass is 9.99. The van der Waals surface area contributed by atoms with Gasteiger partial charge in [0.05, 0.1) is 18.8 Å². The standard InChI is InChI=1S/C7H13N3O6/c8-10-9-3(1-11)5(14)7(16)6(15)4(13)2-12/h3,5-7,11-12,14-16H,1-2H2/t3-,5+,6-,7-/m1/s1. The van der Waals surface area contributed by atoms with E-state index in [0.29, 0.717) is 0 Å². The number of carbonyl (C=O) groups excluding carboxylic acids is 1. The summed E-state index contributed by atoms with van der Waals surface area (Å²) in [5, 5.41) is 47.8. The summed E-state index contributed by atoms with van der Waals surface area (Å²) in [5.41, 5.74) is 8.08. The van der Waals surface area contributed by atoms with Crippen molar-refractivity contribution in [1.82, 2.24) is 0 Å². The Bertz CT molecular complexity index is 279. The zero-order valence-electron chi connectivity index (χ0n) is 8.21. The summed E-state index contributed by atoms with van der Waals surface area (Å²) in [4.78, 5) is 13.1. The van der Waals surface area contributed by atoms with E-state index in [1.807, 2.05) is 0 Å². The average Bonchev–Trinajstić information content (AvgIpc) is 2.32. The van der Waals surface area contributed by atoms with E-state index in [9.17, 15) is 15.0 Å². The Morgan fingerprint density at radius 3 is 2.19 bits per heavy atom. The molecule has 0 radical (unpaired) electrons. The SMILES string of the molecule is [N-]=[N+]=N[C@H](CO)[C@H](O)[C@@H](O)[C@H](O)C(=O)CO. The van der Waals surface area contributed by atoms with Crippen molar-refractivity contribution in [2.45, 2.75) is 24.4 Å². The van der Waals surface area contributed by atoms with Crippen LogP contribution in [0.2, 0.25) is 0 Å². The minimum atomic E-state index is -2.01. The fraction of sp³-hybridized carbons (Fsp3) is 0.857. The van der Waals surface area contributed by atoms with Crippen molar-refractivity contribution < 1.29 is 30.3 Å². The van der Waals surface area contributed by atoms with Gasteiger partial charge in [0.15, 0.2) is 5.78 Å². The van der Waals surface area contributed by atoms with Crippen LogP contribution in [-0.4, -0.2) is 68.9 Å². The summed E-state index contributed by atoms with van der Waals surface area (Å²) in [6, 6.07) is -1.39. The highest BCUT2D eigenvalue weighted by atomic mass is 16.4. The van der Waals surface area contributed by atoms with Crippen LogP contribution < -0.4 is 0 Å². The quantitative estimate of drug-likeness (QED) is 0.183. The van der Waals surface area contributed by atoms with Gasteiger partial charge in [-0.3, -0.25) is 4.79 Å². The van der Waals surface area contributed by atoms with Gasteiger partial charge >= 0.3 is 0 Å². The second-order valence-corrected chi connectivity index (χ2v) is 3.01. The van der Waals surface area contributed by atoms with E-state index in [2.05, 4.69) is 10.0 Å². The normalized spacial score (nSPS) is 18.1. The van der Waals surface area contributed by atoms with Crippen LogP contribution in [0.3, 0.4) is 0 Å². The first-order valence-electron chi connectivity index (χ1n) is 4.32. The predicted octanol–water partition coefficient (Wildman–Crippen LogP) is -2.70. The number of nitrogens with zero attached hydrogens (tertiary/aromatic N) is 3. The molecule has 0 fully saturated rings. The molecule has 0 bridgehead atoms. The molecule has 4 atom stereocenters. The smallest absolute Gasteiger partial charge is 0.189 e. The van der Waals surface area contributed by atoms with Crippen molar-refractivity contribution in [3.63, 3.8) is 0 Å². The average molecular weight is 235 g/mol. The summed E-state index contributed by atoms with van der Waals surface area (Å²) in [7, 11) is 0. The van der Waals surface area contributed by atoms with Crippen molar-refractivity contribution >= 4 is 5.78 Å². The van der Waals surface area contributed by atoms with Crippen LogP contribution in [0, 0.1) is 0 Å². The van der Waals surface area contributed by atoms with E-state index in [0.717, 1.165) is 0 Å². The van der Waals surface area contributed by atoms with Gasteiger partial charge in [-0.25, -0.2) is 0 Å². The molecular formula is C7H13N3O6. The van der Waals surface area contributed by atoms with Gasteiger partial charge in [-0.2, -0.15) is 0 Å². The number of aliphatic hydroxyl groups is 5. The van der Waals surface area contributed by atoms with E-state index < -0.39 is 43.4 Å². The number of hydrogen-bond acceptors (Lipinski definition) is 7. The number of azide groups is 1. The van der Waals surface area contributed by atoms with E-state index >= 15 is 0 Å². The van der Waals surface area contributed by atoms with Crippen molar-refractivity contribution in [1.29, 1.82) is 0 Å². The van der Waals surface area contributed by atoms with Crippen molar-refractivity contribution in [3.8, 4) is 0 Å². The molecule has 0 amide bonds. The summed E-state index contributed by atoms with van der Waals surface area (Å²) < 4.78 is 0. The maximum absolute atomic E-state index is 10.8. The Kier molecular flexibility index (Phi) is 6.58. The highest BCUT2D eigenvalue weighted by Gasteiger charge is 2.33. The van der Waals surface area contributed by atoms with E-state index in [1.165, 1.54) is 0 Å². The molecule has 0 aromatic heterocycles. The van der Waals surface area contributed by atoms with Crippen LogP contribution in [0.5, 0.6) is 0 Å². The fourth-order valence-electron chi connectivity index (χ4n) is 0.978. The van der Waals surface area contributed by atoms with Gasteiger partial charge in [0.1, 0.15) is 18.8 Å². The van der Waals surface area contributed by atoms with Gasteiger partial charge in [0.2, 0.25) is 0 Å². The number of aliphatic hydroxyl groups excluding tert-OH is 5. The molecule has 0 heterocycles. The van der Waals surface area contributed by atoms with E-state index in [-0.39, 0.29) is 0 Å². The molecular weight excluding hydrogens is 222 g/mol. The predicted molar refractivity (Wildman–Crippen MR) is 50.1 cm³/mol. The van der Waals surface area contributed by atoms with Crippen LogP contribution in [-0.2, 0) is 4.79 Å². The Balaban J connectivity index is 4.63. The zero-order valence-corrected chi connectivity index (χ0v) is 8.21. The lowest BCUT2D eigenvalue weighted by Crippen LogP contribution is -2.48. The van der Waals surface area contributed by atoms with Gasteiger partial charge in [-0.05, 0) is 5.53 Å². The Morgan fingerprint density at radius 1 is 1.25 bits per heavy atom. The molecule has 0 unspecified atom stereocenters. The van der Waals surface area contributed by atoms with Crippen LogP contribution in [0.1, 0.15) is 0 Å². The Morgan fingerprint density at radius 2 is 1.81 bits per heavy atom. The van der Waals surface area contributed by atoms with Crippen LogP contribution in [0.25, 0.3) is 10.4 Å². The van der Waals surface area contributed by atoms with Gasteiger partial charge in [-0.1, -0.05) is 5.11 Å². The van der Waals surface area contributed by atoms with Crippen molar-refractivity contribution in [3.05, 3.63) is 10.4 Å². The Hall–Kier alpha value is -1.22. The summed E-state index contributed by atoms with van der Waals surface area (Å²) in [6.45, 7) is -1.77. The van der Waals surface area contributed by atoms with Crippen LogP contribution in [0.4, 0.5) is 0 Å². The highest BCUT2D eigenvalue weighted by Crippen LogP contribution is 2.09.